The minimum atomic E-state index is -0.143. The summed E-state index contributed by atoms with van der Waals surface area (Å²) in [6, 6.07) is 27.2. The maximum absolute atomic E-state index is 13.0. The van der Waals surface area contributed by atoms with Crippen LogP contribution in [0.2, 0.25) is 0 Å². The first-order valence-corrected chi connectivity index (χ1v) is 23.7. The Kier molecular flexibility index (Phi) is 17.7. The number of carbonyl (C=O) groups is 4. The lowest BCUT2D eigenvalue weighted by Crippen LogP contribution is -2.33. The molecule has 0 spiro atoms. The molecule has 7 rings (SSSR count). The summed E-state index contributed by atoms with van der Waals surface area (Å²) in [5.74, 6) is 0.952. The normalized spacial score (nSPS) is 11.4. The van der Waals surface area contributed by atoms with Crippen molar-refractivity contribution in [1.82, 2.24) is 66.0 Å². The molecule has 0 fully saturated rings. The molecule has 362 valence electrons. The average molecular weight is 937 g/mol. The van der Waals surface area contributed by atoms with E-state index in [1.165, 1.54) is 0 Å². The number of aromatic amines is 2. The molecule has 0 atom stereocenters. The summed E-state index contributed by atoms with van der Waals surface area (Å²) in [6.07, 6.45) is 6.48. The number of nitrogens with one attached hydrogen (secondary N) is 6. The number of aromatic nitrogens is 7. The van der Waals surface area contributed by atoms with Gasteiger partial charge in [-0.1, -0.05) is 41.6 Å². The van der Waals surface area contributed by atoms with Crippen LogP contribution in [0.3, 0.4) is 0 Å². The van der Waals surface area contributed by atoms with E-state index in [1.54, 1.807) is 4.68 Å². The van der Waals surface area contributed by atoms with Gasteiger partial charge in [-0.2, -0.15) is 0 Å². The van der Waals surface area contributed by atoms with Gasteiger partial charge in [-0.15, -0.1) is 5.10 Å². The van der Waals surface area contributed by atoms with Gasteiger partial charge in [-0.05, 0) is 126 Å². The number of nitrogens with two attached hydrogens (primary N) is 1. The van der Waals surface area contributed by atoms with Gasteiger partial charge >= 0.3 is 0 Å². The van der Waals surface area contributed by atoms with E-state index >= 15 is 0 Å². The highest BCUT2D eigenvalue weighted by atomic mass is 16.2. The Hall–Kier alpha value is -7.28. The van der Waals surface area contributed by atoms with Gasteiger partial charge < -0.3 is 46.8 Å². The zero-order valence-corrected chi connectivity index (χ0v) is 39.8. The van der Waals surface area contributed by atoms with E-state index in [4.69, 9.17) is 15.7 Å². The largest absolute Gasteiger partial charge is 0.356 e. The monoisotopic (exact) mass is 937 g/mol. The van der Waals surface area contributed by atoms with Crippen LogP contribution in [-0.2, 0) is 22.6 Å². The predicted molar refractivity (Wildman–Crippen MR) is 269 cm³/mol. The lowest BCUT2D eigenvalue weighted by atomic mass is 10.0. The molecule has 0 aliphatic heterocycles. The van der Waals surface area contributed by atoms with Crippen molar-refractivity contribution in [1.29, 1.82) is 0 Å². The summed E-state index contributed by atoms with van der Waals surface area (Å²) >= 11 is 0. The van der Waals surface area contributed by atoms with Crippen LogP contribution in [-0.4, -0.2) is 142 Å². The van der Waals surface area contributed by atoms with Gasteiger partial charge in [0, 0.05) is 87.1 Å². The first kappa shape index (κ1) is 49.6. The number of hydrogen-bond donors (Lipinski definition) is 7. The molecule has 18 nitrogen and oxygen atoms in total. The molecular formula is C51H64N14O4. The molecule has 0 aliphatic rings. The van der Waals surface area contributed by atoms with Crippen LogP contribution in [0.25, 0.3) is 56.0 Å². The van der Waals surface area contributed by atoms with Crippen molar-refractivity contribution in [3.63, 3.8) is 0 Å². The molecule has 0 aliphatic carbocycles. The first-order valence-electron chi connectivity index (χ1n) is 23.7. The summed E-state index contributed by atoms with van der Waals surface area (Å²) < 4.78 is 1.80. The molecule has 7 aromatic rings. The van der Waals surface area contributed by atoms with Crippen LogP contribution in [0.15, 0.2) is 91.1 Å². The molecule has 0 saturated heterocycles. The Morgan fingerprint density at radius 1 is 0.594 bits per heavy atom. The fourth-order valence-electron chi connectivity index (χ4n) is 7.73. The summed E-state index contributed by atoms with van der Waals surface area (Å²) in [7, 11) is 6.00. The minimum absolute atomic E-state index is 0.0966. The van der Waals surface area contributed by atoms with Crippen LogP contribution in [0, 0.1) is 0 Å². The maximum Gasteiger partial charge on any atom is 0.251 e. The van der Waals surface area contributed by atoms with Gasteiger partial charge in [-0.25, -0.2) is 9.97 Å². The first-order chi connectivity index (χ1) is 33.5. The standard InChI is InChI=1S/C51H64N14O4/c1-63(2)30-26-55-50(68)37-13-9-35(10-14-37)48-57-42-19-17-39(32-44(42)59-48)40-18-20-43-45(33-40)60-49(58-43)36-11-15-38(16-12-36)51(69)56-27-31-64(3)28-5-4-8-41-34-65(62-61-41)29-7-25-54-47(67)22-21-46(66)53-24-6-23-52/h9-20,32-34H,4-8,21-31,52H2,1-3H3,(H,53,66)(H,54,67)(H,55,68)(H,56,69)(H,57,59)(H,58,60). The summed E-state index contributed by atoms with van der Waals surface area (Å²) in [6.45, 7) is 5.71. The number of carbonyl (C=O) groups excluding carboxylic acids is 4. The van der Waals surface area contributed by atoms with E-state index in [9.17, 15) is 19.2 Å². The second-order valence-electron chi connectivity index (χ2n) is 17.5. The Balaban J connectivity index is 0.803. The highest BCUT2D eigenvalue weighted by molar-refractivity contribution is 5.95. The number of nitrogens with zero attached hydrogens (tertiary/aromatic N) is 7. The molecule has 8 N–H and O–H groups in total. The molecule has 0 unspecified atom stereocenters. The van der Waals surface area contributed by atoms with E-state index in [2.05, 4.69) is 77.8 Å². The number of amides is 4. The summed E-state index contributed by atoms with van der Waals surface area (Å²) in [5, 5.41) is 20.1. The highest BCUT2D eigenvalue weighted by Gasteiger charge is 2.14. The lowest BCUT2D eigenvalue weighted by Gasteiger charge is -2.16. The third kappa shape index (κ3) is 14.6. The van der Waals surface area contributed by atoms with E-state index < -0.39 is 0 Å². The third-order valence-corrected chi connectivity index (χ3v) is 11.7. The molecule has 3 aromatic heterocycles. The number of H-pyrrole nitrogens is 2. The number of rotatable bonds is 26. The van der Waals surface area contributed by atoms with E-state index in [0.29, 0.717) is 56.8 Å². The van der Waals surface area contributed by atoms with Crippen LogP contribution in [0.1, 0.15) is 64.9 Å². The minimum Gasteiger partial charge on any atom is -0.356 e. The Morgan fingerprint density at radius 3 is 1.65 bits per heavy atom. The second kappa shape index (κ2) is 24.7. The summed E-state index contributed by atoms with van der Waals surface area (Å²) in [4.78, 5) is 70.2. The number of unbranched alkanes of at least 4 members (excludes halogenated alkanes) is 1. The van der Waals surface area contributed by atoms with Crippen molar-refractivity contribution in [3.05, 3.63) is 108 Å². The van der Waals surface area contributed by atoms with Crippen molar-refractivity contribution in [2.45, 2.75) is 51.5 Å². The molecule has 4 aromatic carbocycles. The third-order valence-electron chi connectivity index (χ3n) is 11.7. The van der Waals surface area contributed by atoms with Crippen molar-refractivity contribution in [2.75, 3.05) is 73.5 Å². The number of benzene rings is 4. The van der Waals surface area contributed by atoms with Gasteiger partial charge in [-0.3, -0.25) is 23.9 Å². The van der Waals surface area contributed by atoms with Crippen molar-refractivity contribution in [3.8, 4) is 33.9 Å². The Labute approximate surface area is 402 Å². The van der Waals surface area contributed by atoms with Crippen LogP contribution in [0.4, 0.5) is 0 Å². The molecule has 0 radical (unpaired) electrons. The molecule has 18 heteroatoms. The van der Waals surface area contributed by atoms with Gasteiger partial charge in [0.15, 0.2) is 0 Å². The number of likely N-dealkylation sites (N-methyl/N-ethyl adjacent to an activating group) is 2. The van der Waals surface area contributed by atoms with Crippen molar-refractivity contribution in [2.24, 2.45) is 5.73 Å². The van der Waals surface area contributed by atoms with Crippen LogP contribution in [0.5, 0.6) is 0 Å². The SMILES string of the molecule is CN(C)CCNC(=O)c1ccc(-c2nc3cc(-c4ccc5[nH]c(-c6ccc(C(=O)NCCN(C)CCCCc7cn(CCCNC(=O)CCC(=O)NCCCN)nn7)cc6)nc5c4)ccc3[nH]2)cc1. The van der Waals surface area contributed by atoms with Gasteiger partial charge in [0.25, 0.3) is 11.8 Å². The Morgan fingerprint density at radius 2 is 1.12 bits per heavy atom. The number of imidazole rings is 2. The number of aryl methyl sites for hydroxylation is 2. The number of hydrogen-bond acceptors (Lipinski definition) is 11. The zero-order valence-electron chi connectivity index (χ0n) is 39.8. The number of fused-ring (bicyclic) bond motifs is 2. The maximum atomic E-state index is 13.0. The smallest absolute Gasteiger partial charge is 0.251 e. The van der Waals surface area contributed by atoms with Crippen LogP contribution < -0.4 is 27.0 Å². The average Bonchev–Trinajstić information content (AvgIpc) is 4.12. The van der Waals surface area contributed by atoms with E-state index in [-0.39, 0.29) is 36.5 Å². The second-order valence-corrected chi connectivity index (χ2v) is 17.5. The van der Waals surface area contributed by atoms with Gasteiger partial charge in [0.1, 0.15) is 11.6 Å². The molecular weight excluding hydrogens is 873 g/mol. The zero-order chi connectivity index (χ0) is 48.5. The molecule has 0 bridgehead atoms. The van der Waals surface area contributed by atoms with Crippen LogP contribution >= 0.6 is 0 Å². The van der Waals surface area contributed by atoms with Gasteiger partial charge in [0.2, 0.25) is 11.8 Å². The topological polar surface area (TPSA) is 237 Å². The fourth-order valence-corrected chi connectivity index (χ4v) is 7.73. The predicted octanol–water partition coefficient (Wildman–Crippen LogP) is 4.76. The van der Waals surface area contributed by atoms with Gasteiger partial charge in [0.05, 0.1) is 27.8 Å². The van der Waals surface area contributed by atoms with E-state index in [0.717, 1.165) is 107 Å². The molecule has 0 saturated carbocycles. The summed E-state index contributed by atoms with van der Waals surface area (Å²) in [5.41, 5.74) is 14.9. The highest BCUT2D eigenvalue weighted by Crippen LogP contribution is 2.29. The molecule has 3 heterocycles. The fraction of sp³-hybridized carbons (Fsp3) is 0.373. The Bertz CT molecular complexity index is 2800. The molecule has 69 heavy (non-hydrogen) atoms. The van der Waals surface area contributed by atoms with E-state index in [1.807, 2.05) is 85.9 Å². The quantitative estimate of drug-likeness (QED) is 0.0366. The van der Waals surface area contributed by atoms with Crippen molar-refractivity contribution >= 4 is 45.7 Å². The lowest BCUT2D eigenvalue weighted by molar-refractivity contribution is -0.126. The molecule has 4 amide bonds. The van der Waals surface area contributed by atoms with Crippen molar-refractivity contribution < 1.29 is 19.2 Å².